The predicted octanol–water partition coefficient (Wildman–Crippen LogP) is 4.59. The van der Waals surface area contributed by atoms with Crippen LogP contribution in [0.4, 0.5) is 0 Å². The molecular formula is C19H29NO4Si. The van der Waals surface area contributed by atoms with Gasteiger partial charge < -0.3 is 18.8 Å². The molecule has 5 nitrogen and oxygen atoms in total. The summed E-state index contributed by atoms with van der Waals surface area (Å²) in [5.41, 5.74) is 1.96. The molecule has 0 radical (unpaired) electrons. The molecule has 0 saturated carbocycles. The van der Waals surface area contributed by atoms with Crippen LogP contribution in [0.3, 0.4) is 0 Å². The third-order valence-corrected chi connectivity index (χ3v) is 9.84. The summed E-state index contributed by atoms with van der Waals surface area (Å²) in [5, 5.41) is 10.4. The molecule has 0 unspecified atom stereocenters. The molecule has 0 saturated heterocycles. The number of aromatic nitrogens is 1. The van der Waals surface area contributed by atoms with Crippen LogP contribution in [-0.2, 0) is 11.5 Å². The van der Waals surface area contributed by atoms with E-state index in [-0.39, 0.29) is 5.04 Å². The molecule has 0 spiro atoms. The number of hydrogen-bond donors (Lipinski definition) is 1. The largest absolute Gasteiger partial charge is 0.491 e. The van der Waals surface area contributed by atoms with Gasteiger partial charge in [0.25, 0.3) is 0 Å². The van der Waals surface area contributed by atoms with Gasteiger partial charge in [-0.2, -0.15) is 0 Å². The van der Waals surface area contributed by atoms with Gasteiger partial charge in [-0.05, 0) is 43.3 Å². The Morgan fingerprint density at radius 1 is 1.24 bits per heavy atom. The van der Waals surface area contributed by atoms with Crippen LogP contribution in [0.1, 0.15) is 36.8 Å². The number of fused-ring (bicyclic) bond motifs is 1. The highest BCUT2D eigenvalue weighted by atomic mass is 28.4. The maximum Gasteiger partial charge on any atom is 0.338 e. The van der Waals surface area contributed by atoms with Gasteiger partial charge in [0.2, 0.25) is 0 Å². The molecule has 0 bridgehead atoms. The van der Waals surface area contributed by atoms with Crippen molar-refractivity contribution in [3.05, 3.63) is 29.5 Å². The smallest absolute Gasteiger partial charge is 0.338 e. The Morgan fingerprint density at radius 2 is 1.88 bits per heavy atom. The average Bonchev–Trinajstić information content (AvgIpc) is 2.74. The van der Waals surface area contributed by atoms with Gasteiger partial charge in [-0.1, -0.05) is 20.8 Å². The van der Waals surface area contributed by atoms with E-state index < -0.39 is 14.3 Å². The van der Waals surface area contributed by atoms with Crippen molar-refractivity contribution in [3.63, 3.8) is 0 Å². The first-order chi connectivity index (χ1) is 11.5. The van der Waals surface area contributed by atoms with E-state index in [2.05, 4.69) is 33.9 Å². The van der Waals surface area contributed by atoms with Crippen LogP contribution in [-0.4, -0.2) is 37.2 Å². The standard InChI is InChI=1S/C19H29NO4Si/c1-13-17(18(21)22)15-12-14(8-9-16(15)20(13)5)23-10-11-24-25(6,7)19(2,3)4/h8-9,12H,10-11H2,1-7H3,(H,21,22). The van der Waals surface area contributed by atoms with Crippen LogP contribution in [0.25, 0.3) is 10.9 Å². The van der Waals surface area contributed by atoms with Crippen molar-refractivity contribution in [1.82, 2.24) is 4.57 Å². The number of aromatic carboxylic acids is 1. The topological polar surface area (TPSA) is 60.7 Å². The third kappa shape index (κ3) is 3.90. The molecule has 2 rings (SSSR count). The van der Waals surface area contributed by atoms with Crippen LogP contribution in [0.5, 0.6) is 5.75 Å². The maximum atomic E-state index is 11.6. The normalized spacial score (nSPS) is 12.6. The molecule has 0 aliphatic rings. The number of rotatable bonds is 6. The van der Waals surface area contributed by atoms with Crippen molar-refractivity contribution in [1.29, 1.82) is 0 Å². The van der Waals surface area contributed by atoms with Gasteiger partial charge in [-0.3, -0.25) is 0 Å². The monoisotopic (exact) mass is 363 g/mol. The van der Waals surface area contributed by atoms with E-state index in [0.29, 0.717) is 29.9 Å². The van der Waals surface area contributed by atoms with E-state index in [0.717, 1.165) is 11.2 Å². The Hall–Kier alpha value is -1.79. The molecular weight excluding hydrogens is 334 g/mol. The van der Waals surface area contributed by atoms with Crippen LogP contribution >= 0.6 is 0 Å². The van der Waals surface area contributed by atoms with Crippen LogP contribution in [0, 0.1) is 6.92 Å². The second-order valence-electron chi connectivity index (χ2n) is 7.96. The summed E-state index contributed by atoms with van der Waals surface area (Å²) in [7, 11) is 0.0969. The molecule has 1 aromatic carbocycles. The summed E-state index contributed by atoms with van der Waals surface area (Å²) in [6.45, 7) is 13.9. The van der Waals surface area contributed by atoms with E-state index in [1.54, 1.807) is 6.07 Å². The van der Waals surface area contributed by atoms with Gasteiger partial charge in [0.05, 0.1) is 12.2 Å². The molecule has 0 fully saturated rings. The van der Waals surface area contributed by atoms with Crippen molar-refractivity contribution in [2.75, 3.05) is 13.2 Å². The molecule has 25 heavy (non-hydrogen) atoms. The van der Waals surface area contributed by atoms with Crippen molar-refractivity contribution >= 4 is 25.2 Å². The van der Waals surface area contributed by atoms with Crippen LogP contribution < -0.4 is 4.74 Å². The number of carboxylic acid groups (broad SMARTS) is 1. The molecule has 1 N–H and O–H groups in total. The van der Waals surface area contributed by atoms with Crippen molar-refractivity contribution < 1.29 is 19.1 Å². The first kappa shape index (κ1) is 19.5. The van der Waals surface area contributed by atoms with E-state index in [9.17, 15) is 9.90 Å². The SMILES string of the molecule is Cc1c(C(=O)O)c2cc(OCCO[Si](C)(C)C(C)(C)C)ccc2n1C. The number of aryl methyl sites for hydroxylation is 1. The number of ether oxygens (including phenoxy) is 1. The summed E-state index contributed by atoms with van der Waals surface area (Å²) >= 11 is 0. The van der Waals surface area contributed by atoms with Gasteiger partial charge in [-0.25, -0.2) is 4.79 Å². The van der Waals surface area contributed by atoms with Crippen molar-refractivity contribution in [2.24, 2.45) is 7.05 Å². The Kier molecular flexibility index (Phi) is 5.34. The van der Waals surface area contributed by atoms with E-state index in [4.69, 9.17) is 9.16 Å². The van der Waals surface area contributed by atoms with Gasteiger partial charge in [0.15, 0.2) is 8.32 Å². The first-order valence-electron chi connectivity index (χ1n) is 8.55. The lowest BCUT2D eigenvalue weighted by atomic mass is 10.1. The summed E-state index contributed by atoms with van der Waals surface area (Å²) < 4.78 is 13.8. The second kappa shape index (κ2) is 6.84. The minimum Gasteiger partial charge on any atom is -0.491 e. The maximum absolute atomic E-state index is 11.6. The van der Waals surface area contributed by atoms with Gasteiger partial charge in [0.1, 0.15) is 12.4 Å². The lowest BCUT2D eigenvalue weighted by Gasteiger charge is -2.36. The summed E-state index contributed by atoms with van der Waals surface area (Å²) in [6.07, 6.45) is 0. The fourth-order valence-electron chi connectivity index (χ4n) is 2.58. The lowest BCUT2D eigenvalue weighted by Crippen LogP contribution is -2.41. The zero-order chi connectivity index (χ0) is 19.0. The summed E-state index contributed by atoms with van der Waals surface area (Å²) in [5.74, 6) is -0.249. The van der Waals surface area contributed by atoms with Gasteiger partial charge >= 0.3 is 5.97 Å². The molecule has 0 aliphatic heterocycles. The van der Waals surface area contributed by atoms with Crippen molar-refractivity contribution in [2.45, 2.75) is 45.8 Å². The zero-order valence-corrected chi connectivity index (χ0v) is 17.3. The Labute approximate surface area is 150 Å². The van der Waals surface area contributed by atoms with Crippen LogP contribution in [0.2, 0.25) is 18.1 Å². The van der Waals surface area contributed by atoms with E-state index >= 15 is 0 Å². The van der Waals surface area contributed by atoms with E-state index in [1.165, 1.54) is 0 Å². The Balaban J connectivity index is 2.10. The minimum absolute atomic E-state index is 0.171. The van der Waals surface area contributed by atoms with E-state index in [1.807, 2.05) is 30.7 Å². The molecule has 1 heterocycles. The number of benzene rings is 1. The Morgan fingerprint density at radius 3 is 2.44 bits per heavy atom. The summed E-state index contributed by atoms with van der Waals surface area (Å²) in [6, 6.07) is 5.58. The molecule has 0 amide bonds. The lowest BCUT2D eigenvalue weighted by molar-refractivity contribution is 0.0698. The highest BCUT2D eigenvalue weighted by Gasteiger charge is 2.36. The number of nitrogens with zero attached hydrogens (tertiary/aromatic N) is 1. The average molecular weight is 364 g/mol. The highest BCUT2D eigenvalue weighted by molar-refractivity contribution is 6.74. The Bertz CT molecular complexity index is 787. The highest BCUT2D eigenvalue weighted by Crippen LogP contribution is 2.36. The molecule has 1 aromatic heterocycles. The zero-order valence-electron chi connectivity index (χ0n) is 16.3. The molecule has 6 heteroatoms. The number of carboxylic acids is 1. The van der Waals surface area contributed by atoms with Gasteiger partial charge in [-0.15, -0.1) is 0 Å². The second-order valence-corrected chi connectivity index (χ2v) is 12.8. The molecule has 0 aliphatic carbocycles. The minimum atomic E-state index is -1.78. The fraction of sp³-hybridized carbons (Fsp3) is 0.526. The summed E-state index contributed by atoms with van der Waals surface area (Å²) in [4.78, 5) is 11.6. The quantitative estimate of drug-likeness (QED) is 0.602. The molecule has 2 aromatic rings. The number of carbonyl (C=O) groups is 1. The van der Waals surface area contributed by atoms with Crippen molar-refractivity contribution in [3.8, 4) is 5.75 Å². The first-order valence-corrected chi connectivity index (χ1v) is 11.5. The molecule has 138 valence electrons. The fourth-order valence-corrected chi connectivity index (χ4v) is 3.61. The van der Waals surface area contributed by atoms with Crippen LogP contribution in [0.15, 0.2) is 18.2 Å². The van der Waals surface area contributed by atoms with Gasteiger partial charge in [0, 0.05) is 23.6 Å². The number of hydrogen-bond acceptors (Lipinski definition) is 3. The third-order valence-electron chi connectivity index (χ3n) is 5.30. The predicted molar refractivity (Wildman–Crippen MR) is 103 cm³/mol. The molecule has 0 atom stereocenters.